The van der Waals surface area contributed by atoms with Crippen LogP contribution in [-0.2, 0) is 19.7 Å². The van der Waals surface area contributed by atoms with Crippen molar-refractivity contribution in [3.63, 3.8) is 0 Å². The third-order valence-corrected chi connectivity index (χ3v) is 4.05. The highest BCUT2D eigenvalue weighted by molar-refractivity contribution is 6.30. The molecule has 0 atom stereocenters. The molecular formula is C21H19ClFNO. The Bertz CT molecular complexity index is 806. The molecule has 0 saturated carbocycles. The van der Waals surface area contributed by atoms with Crippen molar-refractivity contribution in [3.8, 4) is 5.75 Å². The first kappa shape index (κ1) is 17.5. The third kappa shape index (κ3) is 5.31. The maximum Gasteiger partial charge on any atom is 0.124 e. The van der Waals surface area contributed by atoms with E-state index in [1.807, 2.05) is 48.5 Å². The fraction of sp³-hybridized carbons (Fsp3) is 0.143. The van der Waals surface area contributed by atoms with Gasteiger partial charge >= 0.3 is 0 Å². The number of hydrogen-bond acceptors (Lipinski definition) is 2. The van der Waals surface area contributed by atoms with Gasteiger partial charge in [0, 0.05) is 23.7 Å². The molecule has 25 heavy (non-hydrogen) atoms. The summed E-state index contributed by atoms with van der Waals surface area (Å²) in [4.78, 5) is 0. The second-order valence-electron chi connectivity index (χ2n) is 5.76. The summed E-state index contributed by atoms with van der Waals surface area (Å²) in [5, 5.41) is 4.01. The van der Waals surface area contributed by atoms with Crippen molar-refractivity contribution in [3.05, 3.63) is 100 Å². The Morgan fingerprint density at radius 3 is 2.36 bits per heavy atom. The molecule has 0 aliphatic heterocycles. The minimum atomic E-state index is -0.227. The van der Waals surface area contributed by atoms with Crippen molar-refractivity contribution < 1.29 is 9.13 Å². The number of halogens is 2. The lowest BCUT2D eigenvalue weighted by molar-refractivity contribution is 0.302. The van der Waals surface area contributed by atoms with Crippen molar-refractivity contribution in [1.29, 1.82) is 0 Å². The van der Waals surface area contributed by atoms with Crippen LogP contribution in [0.3, 0.4) is 0 Å². The fourth-order valence-electron chi connectivity index (χ4n) is 2.51. The van der Waals surface area contributed by atoms with Gasteiger partial charge in [0.15, 0.2) is 0 Å². The van der Waals surface area contributed by atoms with E-state index in [4.69, 9.17) is 16.3 Å². The molecule has 3 rings (SSSR count). The van der Waals surface area contributed by atoms with Crippen LogP contribution in [0, 0.1) is 5.82 Å². The first-order valence-corrected chi connectivity index (χ1v) is 8.49. The molecule has 0 aromatic heterocycles. The average Bonchev–Trinajstić information content (AvgIpc) is 2.63. The number of hydrogen-bond donors (Lipinski definition) is 1. The molecular weight excluding hydrogens is 337 g/mol. The zero-order chi connectivity index (χ0) is 17.5. The van der Waals surface area contributed by atoms with E-state index in [1.165, 1.54) is 12.1 Å². The number of benzene rings is 3. The quantitative estimate of drug-likeness (QED) is 0.617. The molecule has 4 heteroatoms. The summed E-state index contributed by atoms with van der Waals surface area (Å²) < 4.78 is 18.9. The van der Waals surface area contributed by atoms with Crippen LogP contribution in [0.4, 0.5) is 4.39 Å². The van der Waals surface area contributed by atoms with Gasteiger partial charge in [-0.15, -0.1) is 0 Å². The van der Waals surface area contributed by atoms with Gasteiger partial charge in [-0.05, 0) is 41.5 Å². The SMILES string of the molecule is Fc1ccc(CNCc2cc(Cl)ccc2OCc2ccccc2)cc1. The lowest BCUT2D eigenvalue weighted by Crippen LogP contribution is -2.13. The largest absolute Gasteiger partial charge is 0.489 e. The van der Waals surface area contributed by atoms with Crippen molar-refractivity contribution in [2.45, 2.75) is 19.7 Å². The minimum absolute atomic E-state index is 0.227. The highest BCUT2D eigenvalue weighted by Gasteiger charge is 2.06. The summed E-state index contributed by atoms with van der Waals surface area (Å²) in [7, 11) is 0. The summed E-state index contributed by atoms with van der Waals surface area (Å²) in [6, 6.07) is 22.1. The molecule has 1 N–H and O–H groups in total. The Morgan fingerprint density at radius 2 is 1.60 bits per heavy atom. The van der Waals surface area contributed by atoms with Crippen LogP contribution >= 0.6 is 11.6 Å². The lowest BCUT2D eigenvalue weighted by Gasteiger charge is -2.13. The summed E-state index contributed by atoms with van der Waals surface area (Å²) >= 11 is 6.12. The van der Waals surface area contributed by atoms with Crippen LogP contribution < -0.4 is 10.1 Å². The van der Waals surface area contributed by atoms with E-state index >= 15 is 0 Å². The molecule has 2 nitrogen and oxygen atoms in total. The van der Waals surface area contributed by atoms with Gasteiger partial charge < -0.3 is 10.1 Å². The standard InChI is InChI=1S/C21H19ClFNO/c22-19-8-11-21(25-15-17-4-2-1-3-5-17)18(12-19)14-24-13-16-6-9-20(23)10-7-16/h1-12,24H,13-15H2. The topological polar surface area (TPSA) is 21.3 Å². The van der Waals surface area contributed by atoms with Gasteiger partial charge in [-0.2, -0.15) is 0 Å². The highest BCUT2D eigenvalue weighted by Crippen LogP contribution is 2.24. The maximum absolute atomic E-state index is 12.9. The predicted molar refractivity (Wildman–Crippen MR) is 99.2 cm³/mol. The molecule has 0 bridgehead atoms. The molecule has 0 radical (unpaired) electrons. The molecule has 0 spiro atoms. The molecule has 0 aliphatic rings. The van der Waals surface area contributed by atoms with E-state index in [1.54, 1.807) is 12.1 Å². The van der Waals surface area contributed by atoms with E-state index in [-0.39, 0.29) is 5.82 Å². The Balaban J connectivity index is 1.61. The third-order valence-electron chi connectivity index (χ3n) is 3.82. The van der Waals surface area contributed by atoms with E-state index in [0.29, 0.717) is 24.7 Å². The smallest absolute Gasteiger partial charge is 0.124 e. The van der Waals surface area contributed by atoms with Gasteiger partial charge in [0.2, 0.25) is 0 Å². The van der Waals surface area contributed by atoms with E-state index in [0.717, 1.165) is 22.4 Å². The zero-order valence-electron chi connectivity index (χ0n) is 13.7. The van der Waals surface area contributed by atoms with Gasteiger partial charge in [-0.25, -0.2) is 4.39 Å². The molecule has 3 aromatic carbocycles. The second-order valence-corrected chi connectivity index (χ2v) is 6.19. The zero-order valence-corrected chi connectivity index (χ0v) is 14.5. The Labute approximate surface area is 152 Å². The normalized spacial score (nSPS) is 10.6. The van der Waals surface area contributed by atoms with Gasteiger partial charge in [0.25, 0.3) is 0 Å². The van der Waals surface area contributed by atoms with Crippen LogP contribution in [-0.4, -0.2) is 0 Å². The van der Waals surface area contributed by atoms with Crippen LogP contribution in [0.1, 0.15) is 16.7 Å². The van der Waals surface area contributed by atoms with E-state index < -0.39 is 0 Å². The van der Waals surface area contributed by atoms with Crippen molar-refractivity contribution >= 4 is 11.6 Å². The highest BCUT2D eigenvalue weighted by atomic mass is 35.5. The molecule has 128 valence electrons. The van der Waals surface area contributed by atoms with Gasteiger partial charge in [0.1, 0.15) is 18.2 Å². The summed E-state index contributed by atoms with van der Waals surface area (Å²) in [5.74, 6) is 0.579. The van der Waals surface area contributed by atoms with Crippen molar-refractivity contribution in [2.75, 3.05) is 0 Å². The molecule has 0 saturated heterocycles. The maximum atomic E-state index is 12.9. The van der Waals surface area contributed by atoms with Crippen LogP contribution in [0.25, 0.3) is 0 Å². The second kappa shape index (κ2) is 8.65. The number of ether oxygens (including phenoxy) is 1. The minimum Gasteiger partial charge on any atom is -0.489 e. The first-order chi connectivity index (χ1) is 12.2. The summed E-state index contributed by atoms with van der Waals surface area (Å²) in [6.45, 7) is 1.76. The van der Waals surface area contributed by atoms with Crippen molar-refractivity contribution in [2.24, 2.45) is 0 Å². The predicted octanol–water partition coefficient (Wildman–Crippen LogP) is 5.35. The molecule has 0 fully saturated rings. The van der Waals surface area contributed by atoms with Gasteiger partial charge in [-0.1, -0.05) is 54.1 Å². The van der Waals surface area contributed by atoms with Crippen LogP contribution in [0.15, 0.2) is 72.8 Å². The monoisotopic (exact) mass is 355 g/mol. The number of nitrogens with one attached hydrogen (secondary N) is 1. The molecule has 0 unspecified atom stereocenters. The van der Waals surface area contributed by atoms with Crippen molar-refractivity contribution in [1.82, 2.24) is 5.32 Å². The lowest BCUT2D eigenvalue weighted by atomic mass is 10.1. The summed E-state index contributed by atoms with van der Waals surface area (Å²) in [5.41, 5.74) is 3.13. The molecule has 0 heterocycles. The summed E-state index contributed by atoms with van der Waals surface area (Å²) in [6.07, 6.45) is 0. The molecule has 3 aromatic rings. The number of rotatable bonds is 7. The van der Waals surface area contributed by atoms with Gasteiger partial charge in [0.05, 0.1) is 0 Å². The molecule has 0 amide bonds. The molecule has 0 aliphatic carbocycles. The van der Waals surface area contributed by atoms with Crippen LogP contribution in [0.5, 0.6) is 5.75 Å². The van der Waals surface area contributed by atoms with Crippen LogP contribution in [0.2, 0.25) is 5.02 Å². The first-order valence-electron chi connectivity index (χ1n) is 8.11. The average molecular weight is 356 g/mol. The van der Waals surface area contributed by atoms with E-state index in [9.17, 15) is 4.39 Å². The Morgan fingerprint density at radius 1 is 0.840 bits per heavy atom. The van der Waals surface area contributed by atoms with Gasteiger partial charge in [-0.3, -0.25) is 0 Å². The Kier molecular flexibility index (Phi) is 6.04. The Hall–Kier alpha value is -2.36. The fourth-order valence-corrected chi connectivity index (χ4v) is 2.70. The van der Waals surface area contributed by atoms with E-state index in [2.05, 4.69) is 5.32 Å².